The summed E-state index contributed by atoms with van der Waals surface area (Å²) in [5, 5.41) is 7.15. The summed E-state index contributed by atoms with van der Waals surface area (Å²) in [4.78, 5) is 11.8. The fraction of sp³-hybridized carbons (Fsp3) is 0.778. The van der Waals surface area contributed by atoms with E-state index in [9.17, 15) is 4.79 Å². The van der Waals surface area contributed by atoms with Crippen molar-refractivity contribution in [3.05, 3.63) is 0 Å². The lowest BCUT2D eigenvalue weighted by Gasteiger charge is -2.53. The molecule has 5 heteroatoms. The van der Waals surface area contributed by atoms with Crippen molar-refractivity contribution >= 4 is 47.3 Å². The van der Waals surface area contributed by atoms with Gasteiger partial charge in [-0.05, 0) is 19.3 Å². The number of Topliss-reactive ketones (excluding diaryl/α,β-unsaturated/α-hetero) is 1. The monoisotopic (exact) mass is 245 g/mol. The van der Waals surface area contributed by atoms with Crippen molar-refractivity contribution in [2.24, 2.45) is 5.41 Å². The number of hydrogen-bond acceptors (Lipinski definition) is 5. The number of ketones is 1. The number of carbonyl (C=O) groups excluding carboxylic acids is 1. The topological polar surface area (TPSA) is 40.9 Å². The molecule has 76 valence electrons. The van der Waals surface area contributed by atoms with Gasteiger partial charge in [-0.3, -0.25) is 4.79 Å². The van der Waals surface area contributed by atoms with E-state index in [1.54, 1.807) is 0 Å². The second-order valence-corrected chi connectivity index (χ2v) is 9.22. The minimum atomic E-state index is -0.135. The van der Waals surface area contributed by atoms with Crippen molar-refractivity contribution in [2.75, 3.05) is 0 Å². The third kappa shape index (κ3) is 1.28. The Morgan fingerprint density at radius 1 is 1.14 bits per heavy atom. The van der Waals surface area contributed by atoms with E-state index in [0.29, 0.717) is 13.7 Å². The first-order valence-electron chi connectivity index (χ1n) is 4.73. The van der Waals surface area contributed by atoms with Crippen LogP contribution in [0.4, 0.5) is 0 Å². The molecule has 0 aliphatic carbocycles. The highest BCUT2D eigenvalue weighted by Gasteiger charge is 2.55. The maximum atomic E-state index is 11.8. The lowest BCUT2D eigenvalue weighted by molar-refractivity contribution is -0.122. The van der Waals surface area contributed by atoms with Crippen molar-refractivity contribution in [3.8, 4) is 0 Å². The van der Waals surface area contributed by atoms with Gasteiger partial charge in [0.25, 0.3) is 0 Å². The molecule has 4 fully saturated rings. The molecule has 0 radical (unpaired) electrons. The SMILES string of the molecule is N=CC(=O)C12CC3SC(C1)SC(C2)S3. The molecule has 0 unspecified atom stereocenters. The number of nitrogens with one attached hydrogen (secondary N) is 1. The van der Waals surface area contributed by atoms with E-state index in [1.165, 1.54) is 0 Å². The van der Waals surface area contributed by atoms with E-state index in [2.05, 4.69) is 0 Å². The molecule has 0 aromatic rings. The van der Waals surface area contributed by atoms with Gasteiger partial charge in [0.15, 0.2) is 5.78 Å². The first-order valence-corrected chi connectivity index (χ1v) is 7.56. The molecule has 0 amide bonds. The van der Waals surface area contributed by atoms with Crippen molar-refractivity contribution in [3.63, 3.8) is 0 Å². The second kappa shape index (κ2) is 3.19. The normalized spacial score (nSPS) is 49.3. The summed E-state index contributed by atoms with van der Waals surface area (Å²) in [7, 11) is 0. The third-order valence-electron chi connectivity index (χ3n) is 3.24. The molecule has 4 bridgehead atoms. The second-order valence-electron chi connectivity index (χ2n) is 4.10. The Labute approximate surface area is 95.9 Å². The highest BCUT2D eigenvalue weighted by Crippen LogP contribution is 2.66. The fourth-order valence-corrected chi connectivity index (χ4v) is 9.88. The van der Waals surface area contributed by atoms with E-state index in [-0.39, 0.29) is 11.2 Å². The van der Waals surface area contributed by atoms with Crippen LogP contribution >= 0.6 is 35.3 Å². The van der Waals surface area contributed by atoms with Crippen LogP contribution < -0.4 is 0 Å². The van der Waals surface area contributed by atoms with Gasteiger partial charge in [-0.15, -0.1) is 35.3 Å². The van der Waals surface area contributed by atoms with Gasteiger partial charge in [-0.1, -0.05) is 0 Å². The molecule has 4 aliphatic heterocycles. The third-order valence-corrected chi connectivity index (χ3v) is 8.06. The van der Waals surface area contributed by atoms with Gasteiger partial charge in [0.1, 0.15) is 0 Å². The van der Waals surface area contributed by atoms with Gasteiger partial charge in [-0.25, -0.2) is 0 Å². The van der Waals surface area contributed by atoms with Crippen LogP contribution in [0, 0.1) is 10.8 Å². The quantitative estimate of drug-likeness (QED) is 0.759. The maximum Gasteiger partial charge on any atom is 0.179 e. The van der Waals surface area contributed by atoms with Gasteiger partial charge >= 0.3 is 0 Å². The Balaban J connectivity index is 1.94. The standard InChI is InChI=1S/C9H11NOS3/c10-4-5(11)9-1-6-12-7(2-9)14-8(3-9)13-6/h4,6-8,10H,1-3H2. The Kier molecular flexibility index (Phi) is 2.19. The van der Waals surface area contributed by atoms with E-state index < -0.39 is 0 Å². The molecule has 0 aromatic carbocycles. The van der Waals surface area contributed by atoms with Crippen LogP contribution in [0.25, 0.3) is 0 Å². The summed E-state index contributed by atoms with van der Waals surface area (Å²) < 4.78 is 1.87. The zero-order valence-electron chi connectivity index (χ0n) is 7.56. The summed E-state index contributed by atoms with van der Waals surface area (Å²) in [5.74, 6) is 0.0819. The molecular weight excluding hydrogens is 234 g/mol. The molecule has 14 heavy (non-hydrogen) atoms. The highest BCUT2D eigenvalue weighted by molar-refractivity contribution is 8.33. The molecule has 0 aromatic heterocycles. The van der Waals surface area contributed by atoms with Gasteiger partial charge in [0.05, 0.1) is 20.0 Å². The number of rotatable bonds is 2. The number of thioether (sulfide) groups is 3. The lowest BCUT2D eigenvalue weighted by atomic mass is 9.75. The number of hydrogen-bond donors (Lipinski definition) is 1. The summed E-state index contributed by atoms with van der Waals surface area (Å²) in [6.07, 6.45) is 4.06. The Morgan fingerprint density at radius 2 is 1.57 bits per heavy atom. The highest BCUT2D eigenvalue weighted by atomic mass is 32.3. The van der Waals surface area contributed by atoms with Crippen molar-refractivity contribution in [1.29, 1.82) is 5.41 Å². The largest absolute Gasteiger partial charge is 0.305 e. The van der Waals surface area contributed by atoms with Crippen LogP contribution in [0.3, 0.4) is 0 Å². The van der Waals surface area contributed by atoms with Crippen molar-refractivity contribution in [1.82, 2.24) is 0 Å². The smallest absolute Gasteiger partial charge is 0.179 e. The Hall–Kier alpha value is 0.390. The van der Waals surface area contributed by atoms with Crippen LogP contribution in [0.5, 0.6) is 0 Å². The predicted molar refractivity (Wildman–Crippen MR) is 64.2 cm³/mol. The average molecular weight is 245 g/mol. The number of carbonyl (C=O) groups is 1. The summed E-state index contributed by atoms with van der Waals surface area (Å²) in [5.41, 5.74) is -0.135. The fourth-order valence-electron chi connectivity index (χ4n) is 2.55. The Bertz CT molecular complexity index is 269. The van der Waals surface area contributed by atoms with E-state index in [4.69, 9.17) is 5.41 Å². The summed E-state index contributed by atoms with van der Waals surface area (Å²) in [6.45, 7) is 0. The summed E-state index contributed by atoms with van der Waals surface area (Å²) >= 11 is 6.10. The molecule has 1 N–H and O–H groups in total. The predicted octanol–water partition coefficient (Wildman–Crippen LogP) is 2.58. The molecule has 4 aliphatic rings. The Morgan fingerprint density at radius 3 is 1.93 bits per heavy atom. The molecular formula is C9H11NOS3. The molecule has 0 spiro atoms. The molecule has 4 rings (SSSR count). The minimum Gasteiger partial charge on any atom is -0.305 e. The first kappa shape index (κ1) is 9.60. The van der Waals surface area contributed by atoms with E-state index in [1.807, 2.05) is 35.3 Å². The summed E-state index contributed by atoms with van der Waals surface area (Å²) in [6, 6.07) is 0. The van der Waals surface area contributed by atoms with E-state index >= 15 is 0 Å². The van der Waals surface area contributed by atoms with Crippen LogP contribution in [-0.4, -0.2) is 25.7 Å². The average Bonchev–Trinajstić information content (AvgIpc) is 2.14. The molecule has 4 heterocycles. The molecule has 2 nitrogen and oxygen atoms in total. The first-order chi connectivity index (χ1) is 6.72. The molecule has 0 saturated carbocycles. The van der Waals surface area contributed by atoms with Crippen LogP contribution in [0.1, 0.15) is 19.3 Å². The van der Waals surface area contributed by atoms with Gasteiger partial charge in [0.2, 0.25) is 0 Å². The molecule has 4 saturated heterocycles. The maximum absolute atomic E-state index is 11.8. The van der Waals surface area contributed by atoms with Gasteiger partial charge in [-0.2, -0.15) is 0 Å². The lowest BCUT2D eigenvalue weighted by Crippen LogP contribution is -2.49. The van der Waals surface area contributed by atoms with Gasteiger partial charge < -0.3 is 5.41 Å². The van der Waals surface area contributed by atoms with E-state index in [0.717, 1.165) is 25.5 Å². The zero-order chi connectivity index (χ0) is 9.76. The van der Waals surface area contributed by atoms with Crippen LogP contribution in [0.15, 0.2) is 0 Å². The van der Waals surface area contributed by atoms with Gasteiger partial charge in [0, 0.05) is 5.41 Å². The van der Waals surface area contributed by atoms with Crippen molar-refractivity contribution in [2.45, 2.75) is 33.0 Å². The van der Waals surface area contributed by atoms with Crippen LogP contribution in [-0.2, 0) is 4.79 Å². The zero-order valence-corrected chi connectivity index (χ0v) is 10.0. The van der Waals surface area contributed by atoms with Crippen LogP contribution in [0.2, 0.25) is 0 Å². The van der Waals surface area contributed by atoms with Crippen molar-refractivity contribution < 1.29 is 4.79 Å². The molecule has 0 atom stereocenters. The minimum absolute atomic E-state index is 0.0819.